The van der Waals surface area contributed by atoms with E-state index in [-0.39, 0.29) is 0 Å². The van der Waals surface area contributed by atoms with Crippen LogP contribution in [-0.4, -0.2) is 6.54 Å². The van der Waals surface area contributed by atoms with Gasteiger partial charge in [0.2, 0.25) is 0 Å². The molecule has 1 aromatic carbocycles. The lowest BCUT2D eigenvalue weighted by molar-refractivity contribution is 1.14. The van der Waals surface area contributed by atoms with Crippen molar-refractivity contribution in [1.29, 1.82) is 0 Å². The van der Waals surface area contributed by atoms with E-state index in [1.54, 1.807) is 6.08 Å². The first-order valence-corrected chi connectivity index (χ1v) is 6.53. The Balaban J connectivity index is 0.000000982. The summed E-state index contributed by atoms with van der Waals surface area (Å²) in [5.74, 6) is 0. The highest BCUT2D eigenvalue weighted by Gasteiger charge is 2.03. The predicted octanol–water partition coefficient (Wildman–Crippen LogP) is 4.74. The number of benzene rings is 1. The number of nitrogens with two attached hydrogens (primary N) is 1. The molecule has 0 heterocycles. The molecule has 102 valence electrons. The van der Waals surface area contributed by atoms with Gasteiger partial charge in [0.05, 0.1) is 0 Å². The molecule has 0 atom stereocenters. The zero-order valence-corrected chi connectivity index (χ0v) is 12.3. The van der Waals surface area contributed by atoms with Crippen molar-refractivity contribution in [3.8, 4) is 0 Å². The zero-order valence-electron chi connectivity index (χ0n) is 12.3. The third kappa shape index (κ3) is 6.03. The van der Waals surface area contributed by atoms with E-state index in [1.807, 2.05) is 38.1 Å². The lowest BCUT2D eigenvalue weighted by Crippen LogP contribution is -1.88. The topological polar surface area (TPSA) is 26.0 Å². The fourth-order valence-corrected chi connectivity index (χ4v) is 1.59. The Morgan fingerprint density at radius 1 is 1.26 bits per heavy atom. The SMILES string of the molecule is C=CC(=C)C(/C=C\C)=C(\C)c1ccccc1.CCN. The third-order valence-corrected chi connectivity index (χ3v) is 2.54. The highest BCUT2D eigenvalue weighted by Crippen LogP contribution is 2.24. The highest BCUT2D eigenvalue weighted by molar-refractivity contribution is 5.74. The molecule has 1 aromatic rings. The molecular formula is C18H25N. The van der Waals surface area contributed by atoms with Gasteiger partial charge in [-0.3, -0.25) is 0 Å². The van der Waals surface area contributed by atoms with Crippen LogP contribution in [0.3, 0.4) is 0 Å². The van der Waals surface area contributed by atoms with Crippen LogP contribution in [0, 0.1) is 0 Å². The molecule has 0 aliphatic carbocycles. The van der Waals surface area contributed by atoms with Crippen LogP contribution in [-0.2, 0) is 0 Å². The second-order valence-electron chi connectivity index (χ2n) is 4.04. The van der Waals surface area contributed by atoms with Crippen LogP contribution in [0.25, 0.3) is 5.57 Å². The molecule has 0 amide bonds. The van der Waals surface area contributed by atoms with E-state index in [0.29, 0.717) is 0 Å². The van der Waals surface area contributed by atoms with Gasteiger partial charge in [0, 0.05) is 0 Å². The van der Waals surface area contributed by atoms with Gasteiger partial charge in [0.1, 0.15) is 0 Å². The Labute approximate surface area is 117 Å². The first kappa shape index (κ1) is 17.1. The maximum absolute atomic E-state index is 4.85. The van der Waals surface area contributed by atoms with Crippen LogP contribution >= 0.6 is 0 Å². The summed E-state index contributed by atoms with van der Waals surface area (Å²) in [6, 6.07) is 10.3. The summed E-state index contributed by atoms with van der Waals surface area (Å²) in [6.45, 7) is 14.6. The summed E-state index contributed by atoms with van der Waals surface area (Å²) in [7, 11) is 0. The largest absolute Gasteiger partial charge is 0.331 e. The van der Waals surface area contributed by atoms with Crippen LogP contribution in [0.1, 0.15) is 26.3 Å². The molecule has 1 heteroatoms. The van der Waals surface area contributed by atoms with Gasteiger partial charge in [-0.1, -0.05) is 68.6 Å². The van der Waals surface area contributed by atoms with Crippen molar-refractivity contribution < 1.29 is 0 Å². The molecular weight excluding hydrogens is 230 g/mol. The minimum atomic E-state index is 0.750. The summed E-state index contributed by atoms with van der Waals surface area (Å²) in [5, 5.41) is 0. The molecule has 0 saturated carbocycles. The summed E-state index contributed by atoms with van der Waals surface area (Å²) >= 11 is 0. The fraction of sp³-hybridized carbons (Fsp3) is 0.222. The van der Waals surface area contributed by atoms with Gasteiger partial charge < -0.3 is 5.73 Å². The average Bonchev–Trinajstić information content (AvgIpc) is 2.45. The van der Waals surface area contributed by atoms with E-state index in [1.165, 1.54) is 11.1 Å². The van der Waals surface area contributed by atoms with E-state index >= 15 is 0 Å². The minimum Gasteiger partial charge on any atom is -0.331 e. The number of hydrogen-bond acceptors (Lipinski definition) is 1. The summed E-state index contributed by atoms with van der Waals surface area (Å²) in [6.07, 6.45) is 5.89. The van der Waals surface area contributed by atoms with Gasteiger partial charge in [-0.2, -0.15) is 0 Å². The molecule has 1 rings (SSSR count). The highest BCUT2D eigenvalue weighted by atomic mass is 14.5. The molecule has 2 N–H and O–H groups in total. The van der Waals surface area contributed by atoms with Gasteiger partial charge in [0.15, 0.2) is 0 Å². The Morgan fingerprint density at radius 3 is 2.21 bits per heavy atom. The molecule has 0 saturated heterocycles. The molecule has 0 aromatic heterocycles. The summed E-state index contributed by atoms with van der Waals surface area (Å²) in [4.78, 5) is 0. The van der Waals surface area contributed by atoms with Crippen molar-refractivity contribution in [1.82, 2.24) is 0 Å². The van der Waals surface area contributed by atoms with Crippen molar-refractivity contribution in [3.05, 3.63) is 78.4 Å². The van der Waals surface area contributed by atoms with E-state index in [0.717, 1.165) is 17.7 Å². The van der Waals surface area contributed by atoms with Gasteiger partial charge in [-0.15, -0.1) is 0 Å². The van der Waals surface area contributed by atoms with Crippen LogP contribution in [0.4, 0.5) is 0 Å². The van der Waals surface area contributed by atoms with Gasteiger partial charge in [-0.25, -0.2) is 0 Å². The molecule has 1 nitrogen and oxygen atoms in total. The maximum atomic E-state index is 4.85. The van der Waals surface area contributed by atoms with E-state index in [4.69, 9.17) is 5.73 Å². The Bertz CT molecular complexity index is 450. The molecule has 0 aliphatic heterocycles. The normalized spacial score (nSPS) is 11.4. The Hall–Kier alpha value is -1.86. The van der Waals surface area contributed by atoms with Crippen LogP contribution in [0.15, 0.2) is 72.9 Å². The molecule has 0 fully saturated rings. The molecule has 0 radical (unpaired) electrons. The van der Waals surface area contributed by atoms with E-state index < -0.39 is 0 Å². The minimum absolute atomic E-state index is 0.750. The summed E-state index contributed by atoms with van der Waals surface area (Å²) < 4.78 is 0. The van der Waals surface area contributed by atoms with Gasteiger partial charge >= 0.3 is 0 Å². The first-order valence-electron chi connectivity index (χ1n) is 6.53. The van der Waals surface area contributed by atoms with Crippen LogP contribution < -0.4 is 5.73 Å². The van der Waals surface area contributed by atoms with Gasteiger partial charge in [-0.05, 0) is 42.7 Å². The monoisotopic (exact) mass is 255 g/mol. The van der Waals surface area contributed by atoms with Gasteiger partial charge in [0.25, 0.3) is 0 Å². The number of allylic oxidation sites excluding steroid dienone is 6. The van der Waals surface area contributed by atoms with Crippen molar-refractivity contribution in [3.63, 3.8) is 0 Å². The standard InChI is InChI=1S/C16H18.C2H7N/c1-5-10-16(13(3)6-2)14(4)15-11-8-7-9-12-15;1-2-3/h5-12H,2-3H2,1,4H3;2-3H2,1H3/b10-5-,16-14+;. The molecule has 0 aliphatic rings. The second-order valence-corrected chi connectivity index (χ2v) is 4.04. The first-order chi connectivity index (χ1) is 9.12. The lowest BCUT2D eigenvalue weighted by atomic mass is 9.96. The van der Waals surface area contributed by atoms with Crippen LogP contribution in [0.2, 0.25) is 0 Å². The van der Waals surface area contributed by atoms with Crippen molar-refractivity contribution >= 4 is 5.57 Å². The van der Waals surface area contributed by atoms with Crippen LogP contribution in [0.5, 0.6) is 0 Å². The molecule has 0 bridgehead atoms. The average molecular weight is 255 g/mol. The summed E-state index contributed by atoms with van der Waals surface area (Å²) in [5.41, 5.74) is 9.39. The van der Waals surface area contributed by atoms with E-state index in [9.17, 15) is 0 Å². The quantitative estimate of drug-likeness (QED) is 0.772. The zero-order chi connectivity index (χ0) is 14.7. The number of rotatable bonds is 4. The Morgan fingerprint density at radius 2 is 1.79 bits per heavy atom. The lowest BCUT2D eigenvalue weighted by Gasteiger charge is -2.09. The maximum Gasteiger partial charge on any atom is -0.0106 e. The second kappa shape index (κ2) is 10.1. The predicted molar refractivity (Wildman–Crippen MR) is 87.9 cm³/mol. The number of hydrogen-bond donors (Lipinski definition) is 1. The fourth-order valence-electron chi connectivity index (χ4n) is 1.59. The smallest absolute Gasteiger partial charge is 0.0106 e. The van der Waals surface area contributed by atoms with E-state index in [2.05, 4.69) is 38.3 Å². The van der Waals surface area contributed by atoms with Crippen molar-refractivity contribution in [2.75, 3.05) is 6.54 Å². The molecule has 0 unspecified atom stereocenters. The van der Waals surface area contributed by atoms with Crippen molar-refractivity contribution in [2.45, 2.75) is 20.8 Å². The third-order valence-electron chi connectivity index (χ3n) is 2.54. The molecule has 0 spiro atoms. The van der Waals surface area contributed by atoms with Crippen molar-refractivity contribution in [2.24, 2.45) is 5.73 Å². The molecule has 19 heavy (non-hydrogen) atoms. The Kier molecular flexibility index (Phi) is 9.11.